The van der Waals surface area contributed by atoms with Crippen molar-refractivity contribution in [2.75, 3.05) is 20.3 Å². The third kappa shape index (κ3) is 4.31. The molecule has 0 aliphatic carbocycles. The Bertz CT molecular complexity index is 137. The lowest BCUT2D eigenvalue weighted by atomic mass is 10.1. The number of hydrogen-bond acceptors (Lipinski definition) is 3. The van der Waals surface area contributed by atoms with Gasteiger partial charge in [-0.05, 0) is 5.92 Å². The fourth-order valence-corrected chi connectivity index (χ4v) is 0.697. The van der Waals surface area contributed by atoms with E-state index in [1.54, 1.807) is 7.11 Å². The second-order valence-corrected chi connectivity index (χ2v) is 3.05. The second kappa shape index (κ2) is 5.97. The van der Waals surface area contributed by atoms with Gasteiger partial charge < -0.3 is 15.8 Å². The van der Waals surface area contributed by atoms with Crippen molar-refractivity contribution >= 4 is 5.91 Å². The van der Waals surface area contributed by atoms with Gasteiger partial charge in [-0.2, -0.15) is 0 Å². The largest absolute Gasteiger partial charge is 0.383 e. The molecule has 72 valence electrons. The van der Waals surface area contributed by atoms with Crippen LogP contribution in [0.15, 0.2) is 0 Å². The van der Waals surface area contributed by atoms with Gasteiger partial charge in [-0.15, -0.1) is 0 Å². The van der Waals surface area contributed by atoms with Gasteiger partial charge in [-0.3, -0.25) is 4.79 Å². The zero-order chi connectivity index (χ0) is 9.56. The van der Waals surface area contributed by atoms with E-state index in [1.165, 1.54) is 0 Å². The molecule has 0 spiro atoms. The molecule has 0 aliphatic rings. The molecule has 0 aromatic rings. The molecule has 0 heterocycles. The molecule has 0 bridgehead atoms. The standard InChI is InChI=1S/C8H18N2O2/c1-6(2)7(9)8(11)10-4-5-12-3/h6-7H,4-5,9H2,1-3H3,(H,10,11)/t7-/m1/s1. The number of ether oxygens (including phenoxy) is 1. The molecule has 4 nitrogen and oxygen atoms in total. The van der Waals surface area contributed by atoms with Gasteiger partial charge in [0.05, 0.1) is 12.6 Å². The van der Waals surface area contributed by atoms with E-state index in [-0.39, 0.29) is 11.8 Å². The maximum atomic E-state index is 11.2. The Morgan fingerprint density at radius 3 is 2.58 bits per heavy atom. The predicted octanol–water partition coefficient (Wildman–Crippen LogP) is -0.268. The van der Waals surface area contributed by atoms with Crippen molar-refractivity contribution in [3.63, 3.8) is 0 Å². The molecule has 1 atom stereocenters. The van der Waals surface area contributed by atoms with Crippen LogP contribution >= 0.6 is 0 Å². The summed E-state index contributed by atoms with van der Waals surface area (Å²) < 4.78 is 4.78. The lowest BCUT2D eigenvalue weighted by Crippen LogP contribution is -2.44. The highest BCUT2D eigenvalue weighted by Crippen LogP contribution is 1.96. The molecule has 0 unspecified atom stereocenters. The Hall–Kier alpha value is -0.610. The van der Waals surface area contributed by atoms with Crippen LogP contribution in [-0.2, 0) is 9.53 Å². The molecular formula is C8H18N2O2. The van der Waals surface area contributed by atoms with Crippen LogP contribution in [-0.4, -0.2) is 32.2 Å². The summed E-state index contributed by atoms with van der Waals surface area (Å²) in [5.74, 6) is 0.0644. The van der Waals surface area contributed by atoms with Gasteiger partial charge in [0.25, 0.3) is 0 Å². The molecule has 12 heavy (non-hydrogen) atoms. The minimum atomic E-state index is -0.415. The molecule has 0 aliphatic heterocycles. The number of rotatable bonds is 5. The Morgan fingerprint density at radius 2 is 2.17 bits per heavy atom. The summed E-state index contributed by atoms with van der Waals surface area (Å²) in [5.41, 5.74) is 5.59. The highest BCUT2D eigenvalue weighted by molar-refractivity contribution is 5.81. The summed E-state index contributed by atoms with van der Waals surface area (Å²) in [6.45, 7) is 4.88. The van der Waals surface area contributed by atoms with Crippen molar-refractivity contribution in [2.45, 2.75) is 19.9 Å². The number of amides is 1. The van der Waals surface area contributed by atoms with E-state index < -0.39 is 6.04 Å². The van der Waals surface area contributed by atoms with Crippen LogP contribution in [0.25, 0.3) is 0 Å². The number of nitrogens with two attached hydrogens (primary N) is 1. The molecule has 1 amide bonds. The van der Waals surface area contributed by atoms with Crippen LogP contribution in [0.4, 0.5) is 0 Å². The van der Waals surface area contributed by atoms with Crippen molar-refractivity contribution in [3.8, 4) is 0 Å². The first-order valence-corrected chi connectivity index (χ1v) is 4.11. The number of hydrogen-bond donors (Lipinski definition) is 2. The van der Waals surface area contributed by atoms with Gasteiger partial charge in [0.15, 0.2) is 0 Å². The minimum Gasteiger partial charge on any atom is -0.383 e. The Balaban J connectivity index is 3.57. The average Bonchev–Trinajstić information content (AvgIpc) is 2.03. The summed E-state index contributed by atoms with van der Waals surface area (Å²) in [6, 6.07) is -0.415. The van der Waals surface area contributed by atoms with E-state index in [1.807, 2.05) is 13.8 Å². The van der Waals surface area contributed by atoms with Gasteiger partial charge in [0.2, 0.25) is 5.91 Å². The lowest BCUT2D eigenvalue weighted by molar-refractivity contribution is -0.123. The van der Waals surface area contributed by atoms with E-state index in [0.29, 0.717) is 13.2 Å². The normalized spacial score (nSPS) is 13.1. The second-order valence-electron chi connectivity index (χ2n) is 3.05. The molecule has 0 aromatic carbocycles. The van der Waals surface area contributed by atoms with Gasteiger partial charge >= 0.3 is 0 Å². The third-order valence-corrected chi connectivity index (χ3v) is 1.63. The van der Waals surface area contributed by atoms with Crippen LogP contribution < -0.4 is 11.1 Å². The Kier molecular flexibility index (Phi) is 5.66. The summed E-state index contributed by atoms with van der Waals surface area (Å²) in [5, 5.41) is 2.68. The number of carbonyl (C=O) groups is 1. The zero-order valence-corrected chi connectivity index (χ0v) is 7.96. The summed E-state index contributed by atoms with van der Waals surface area (Å²) in [4.78, 5) is 11.2. The van der Waals surface area contributed by atoms with Crippen molar-refractivity contribution in [3.05, 3.63) is 0 Å². The number of carbonyl (C=O) groups excluding carboxylic acids is 1. The number of methoxy groups -OCH3 is 1. The van der Waals surface area contributed by atoms with Crippen molar-refractivity contribution in [2.24, 2.45) is 11.7 Å². The quantitative estimate of drug-likeness (QED) is 0.564. The molecule has 0 saturated carbocycles. The van der Waals surface area contributed by atoms with Crippen LogP contribution in [0, 0.1) is 5.92 Å². The maximum Gasteiger partial charge on any atom is 0.237 e. The number of nitrogens with one attached hydrogen (secondary N) is 1. The smallest absolute Gasteiger partial charge is 0.237 e. The van der Waals surface area contributed by atoms with Crippen LogP contribution in [0.2, 0.25) is 0 Å². The molecule has 0 fully saturated rings. The highest BCUT2D eigenvalue weighted by Gasteiger charge is 2.15. The van der Waals surface area contributed by atoms with Gasteiger partial charge in [-0.1, -0.05) is 13.8 Å². The van der Waals surface area contributed by atoms with Crippen LogP contribution in [0.3, 0.4) is 0 Å². The monoisotopic (exact) mass is 174 g/mol. The van der Waals surface area contributed by atoms with E-state index in [0.717, 1.165) is 0 Å². The summed E-state index contributed by atoms with van der Waals surface area (Å²) in [7, 11) is 1.59. The first-order valence-electron chi connectivity index (χ1n) is 4.11. The Labute approximate surface area is 73.5 Å². The van der Waals surface area contributed by atoms with Gasteiger partial charge in [0, 0.05) is 13.7 Å². The van der Waals surface area contributed by atoms with Crippen molar-refractivity contribution in [1.29, 1.82) is 0 Å². The minimum absolute atomic E-state index is 0.109. The topological polar surface area (TPSA) is 64.3 Å². The van der Waals surface area contributed by atoms with E-state index in [4.69, 9.17) is 10.5 Å². The molecular weight excluding hydrogens is 156 g/mol. The zero-order valence-electron chi connectivity index (χ0n) is 7.96. The van der Waals surface area contributed by atoms with E-state index in [2.05, 4.69) is 5.32 Å². The maximum absolute atomic E-state index is 11.2. The molecule has 0 aromatic heterocycles. The van der Waals surface area contributed by atoms with Crippen LogP contribution in [0.1, 0.15) is 13.8 Å². The fraction of sp³-hybridized carbons (Fsp3) is 0.875. The van der Waals surface area contributed by atoms with E-state index >= 15 is 0 Å². The highest BCUT2D eigenvalue weighted by atomic mass is 16.5. The van der Waals surface area contributed by atoms with E-state index in [9.17, 15) is 4.79 Å². The molecule has 3 N–H and O–H groups in total. The SMILES string of the molecule is COCCNC(=O)[C@H](N)C(C)C. The first-order chi connectivity index (χ1) is 5.59. The first kappa shape index (κ1) is 11.4. The molecule has 0 rings (SSSR count). The summed E-state index contributed by atoms with van der Waals surface area (Å²) >= 11 is 0. The van der Waals surface area contributed by atoms with Crippen LogP contribution in [0.5, 0.6) is 0 Å². The average molecular weight is 174 g/mol. The molecule has 0 saturated heterocycles. The van der Waals surface area contributed by atoms with Crippen molar-refractivity contribution < 1.29 is 9.53 Å². The van der Waals surface area contributed by atoms with Gasteiger partial charge in [0.1, 0.15) is 0 Å². The lowest BCUT2D eigenvalue weighted by Gasteiger charge is -2.14. The third-order valence-electron chi connectivity index (χ3n) is 1.63. The van der Waals surface area contributed by atoms with Crippen molar-refractivity contribution in [1.82, 2.24) is 5.32 Å². The Morgan fingerprint density at radius 1 is 1.58 bits per heavy atom. The fourth-order valence-electron chi connectivity index (χ4n) is 0.697. The predicted molar refractivity (Wildman–Crippen MR) is 47.7 cm³/mol. The molecule has 4 heteroatoms. The summed E-state index contributed by atoms with van der Waals surface area (Å²) in [6.07, 6.45) is 0. The molecule has 0 radical (unpaired) electrons. The van der Waals surface area contributed by atoms with Gasteiger partial charge in [-0.25, -0.2) is 0 Å².